The van der Waals surface area contributed by atoms with Crippen LogP contribution in [0.3, 0.4) is 0 Å². The Morgan fingerprint density at radius 1 is 1.40 bits per heavy atom. The van der Waals surface area contributed by atoms with Gasteiger partial charge in [-0.3, -0.25) is 10.1 Å². The molecular weight excluding hydrogens is 266 g/mol. The minimum Gasteiger partial charge on any atom is -0.451 e. The van der Waals surface area contributed by atoms with Gasteiger partial charge >= 0.3 is 12.0 Å². The van der Waals surface area contributed by atoms with Crippen LogP contribution in [0.15, 0.2) is 0 Å². The standard InChI is InChI=1S/C12H17N3O5/c1-5-9(7(3)16)6(2)14-10(5)11(18)20-4-8(17)15-12(13)19/h7,14,16H,4H2,1-3H3,(H3,13,15,17,19)/t7-/m1/s1. The molecule has 1 aromatic heterocycles. The number of aliphatic hydroxyl groups excluding tert-OH is 1. The molecule has 0 saturated carbocycles. The summed E-state index contributed by atoms with van der Waals surface area (Å²) in [5, 5.41) is 11.4. The van der Waals surface area contributed by atoms with Crippen LogP contribution in [0, 0.1) is 13.8 Å². The summed E-state index contributed by atoms with van der Waals surface area (Å²) in [5.41, 5.74) is 6.71. The number of esters is 1. The van der Waals surface area contributed by atoms with E-state index in [1.54, 1.807) is 26.1 Å². The van der Waals surface area contributed by atoms with E-state index < -0.39 is 30.6 Å². The predicted octanol–water partition coefficient (Wildman–Crippen LogP) is 0.0365. The maximum Gasteiger partial charge on any atom is 0.355 e. The van der Waals surface area contributed by atoms with Gasteiger partial charge in [0, 0.05) is 11.3 Å². The van der Waals surface area contributed by atoms with Crippen LogP contribution >= 0.6 is 0 Å². The van der Waals surface area contributed by atoms with Crippen molar-refractivity contribution in [3.05, 3.63) is 22.5 Å². The van der Waals surface area contributed by atoms with Gasteiger partial charge in [-0.15, -0.1) is 0 Å². The molecule has 0 spiro atoms. The Hall–Kier alpha value is -2.35. The SMILES string of the molecule is Cc1[nH]c(C(=O)OCC(=O)NC(N)=O)c(C)c1[C@@H](C)O. The number of aromatic amines is 1. The van der Waals surface area contributed by atoms with E-state index in [0.29, 0.717) is 16.8 Å². The molecule has 0 fully saturated rings. The monoisotopic (exact) mass is 283 g/mol. The third-order valence-corrected chi connectivity index (χ3v) is 2.71. The van der Waals surface area contributed by atoms with Crippen LogP contribution in [0.2, 0.25) is 0 Å². The second kappa shape index (κ2) is 6.20. The third kappa shape index (κ3) is 3.58. The minimum atomic E-state index is -1.02. The van der Waals surface area contributed by atoms with Crippen LogP contribution < -0.4 is 11.1 Å². The number of urea groups is 1. The first-order chi connectivity index (χ1) is 9.23. The summed E-state index contributed by atoms with van der Waals surface area (Å²) in [7, 11) is 0. The lowest BCUT2D eigenvalue weighted by atomic mass is 10.1. The van der Waals surface area contributed by atoms with Crippen molar-refractivity contribution in [3.63, 3.8) is 0 Å². The van der Waals surface area contributed by atoms with Gasteiger partial charge in [-0.2, -0.15) is 0 Å². The van der Waals surface area contributed by atoms with E-state index in [9.17, 15) is 19.5 Å². The molecule has 20 heavy (non-hydrogen) atoms. The summed E-state index contributed by atoms with van der Waals surface area (Å²) in [6.45, 7) is 4.33. The van der Waals surface area contributed by atoms with Crippen LogP contribution in [0.5, 0.6) is 0 Å². The predicted molar refractivity (Wildman–Crippen MR) is 68.9 cm³/mol. The fourth-order valence-electron chi connectivity index (χ4n) is 1.97. The molecule has 0 aliphatic heterocycles. The summed E-state index contributed by atoms with van der Waals surface area (Å²) in [4.78, 5) is 36.1. The number of aryl methyl sites for hydroxylation is 1. The highest BCUT2D eigenvalue weighted by Crippen LogP contribution is 2.24. The largest absolute Gasteiger partial charge is 0.451 e. The Labute approximate surface area is 115 Å². The molecule has 1 atom stereocenters. The topological polar surface area (TPSA) is 135 Å². The number of imide groups is 1. The Morgan fingerprint density at radius 2 is 2.00 bits per heavy atom. The number of carbonyl (C=O) groups is 3. The van der Waals surface area contributed by atoms with Gasteiger partial charge < -0.3 is 20.6 Å². The molecule has 0 aliphatic carbocycles. The quantitative estimate of drug-likeness (QED) is 0.578. The molecule has 3 amide bonds. The van der Waals surface area contributed by atoms with E-state index in [4.69, 9.17) is 10.5 Å². The van der Waals surface area contributed by atoms with Crippen LogP contribution in [-0.4, -0.2) is 34.6 Å². The molecule has 110 valence electrons. The molecule has 0 bridgehead atoms. The number of hydrogen-bond acceptors (Lipinski definition) is 5. The number of ether oxygens (including phenoxy) is 1. The molecule has 0 radical (unpaired) electrons. The Kier molecular flexibility index (Phi) is 4.87. The maximum atomic E-state index is 11.8. The zero-order valence-corrected chi connectivity index (χ0v) is 11.4. The van der Waals surface area contributed by atoms with E-state index in [2.05, 4.69) is 4.98 Å². The maximum absolute atomic E-state index is 11.8. The summed E-state index contributed by atoms with van der Waals surface area (Å²) in [5.74, 6) is -1.57. The lowest BCUT2D eigenvalue weighted by Gasteiger charge is -2.06. The highest BCUT2D eigenvalue weighted by molar-refractivity contribution is 5.96. The second-order valence-electron chi connectivity index (χ2n) is 4.33. The molecule has 0 aliphatic rings. The first-order valence-electron chi connectivity index (χ1n) is 5.87. The lowest BCUT2D eigenvalue weighted by Crippen LogP contribution is -2.37. The van der Waals surface area contributed by atoms with Crippen LogP contribution in [-0.2, 0) is 9.53 Å². The van der Waals surface area contributed by atoms with Gasteiger partial charge in [0.2, 0.25) is 0 Å². The average Bonchev–Trinajstić information content (AvgIpc) is 2.60. The Morgan fingerprint density at radius 3 is 2.45 bits per heavy atom. The third-order valence-electron chi connectivity index (χ3n) is 2.71. The summed E-state index contributed by atoms with van der Waals surface area (Å²) >= 11 is 0. The van der Waals surface area contributed by atoms with Crippen molar-refractivity contribution in [3.8, 4) is 0 Å². The average molecular weight is 283 g/mol. The molecule has 1 rings (SSSR count). The number of primary amides is 1. The smallest absolute Gasteiger partial charge is 0.355 e. The number of aliphatic hydroxyl groups is 1. The number of H-pyrrole nitrogens is 1. The van der Waals surface area contributed by atoms with Crippen molar-refractivity contribution in [2.24, 2.45) is 5.73 Å². The van der Waals surface area contributed by atoms with E-state index >= 15 is 0 Å². The van der Waals surface area contributed by atoms with Crippen molar-refractivity contribution >= 4 is 17.9 Å². The number of hydrogen-bond donors (Lipinski definition) is 4. The molecular formula is C12H17N3O5. The van der Waals surface area contributed by atoms with E-state index in [1.165, 1.54) is 0 Å². The van der Waals surface area contributed by atoms with Gasteiger partial charge in [-0.25, -0.2) is 9.59 Å². The molecule has 8 nitrogen and oxygen atoms in total. The highest BCUT2D eigenvalue weighted by atomic mass is 16.5. The first-order valence-corrected chi connectivity index (χ1v) is 5.87. The van der Waals surface area contributed by atoms with Crippen LogP contribution in [0.1, 0.15) is 40.3 Å². The van der Waals surface area contributed by atoms with Gasteiger partial charge in [0.1, 0.15) is 5.69 Å². The molecule has 1 aromatic rings. The number of carbonyl (C=O) groups excluding carboxylic acids is 3. The van der Waals surface area contributed by atoms with Gasteiger partial charge in [-0.1, -0.05) is 0 Å². The van der Waals surface area contributed by atoms with Crippen LogP contribution in [0.25, 0.3) is 0 Å². The molecule has 0 aromatic carbocycles. The van der Waals surface area contributed by atoms with Gasteiger partial charge in [0.05, 0.1) is 6.10 Å². The second-order valence-corrected chi connectivity index (χ2v) is 4.33. The number of rotatable bonds is 4. The first kappa shape index (κ1) is 15.7. The number of amides is 3. The van der Waals surface area contributed by atoms with E-state index in [1.807, 2.05) is 0 Å². The highest BCUT2D eigenvalue weighted by Gasteiger charge is 2.21. The van der Waals surface area contributed by atoms with Crippen molar-refractivity contribution in [1.29, 1.82) is 0 Å². The normalized spacial score (nSPS) is 11.8. The number of nitrogens with one attached hydrogen (secondary N) is 2. The molecule has 1 heterocycles. The van der Waals surface area contributed by atoms with Crippen LogP contribution in [0.4, 0.5) is 4.79 Å². The van der Waals surface area contributed by atoms with E-state index in [0.717, 1.165) is 0 Å². The minimum absolute atomic E-state index is 0.158. The van der Waals surface area contributed by atoms with Crippen molar-refractivity contribution < 1.29 is 24.2 Å². The zero-order chi connectivity index (χ0) is 15.4. The van der Waals surface area contributed by atoms with Crippen molar-refractivity contribution in [1.82, 2.24) is 10.3 Å². The van der Waals surface area contributed by atoms with E-state index in [-0.39, 0.29) is 5.69 Å². The van der Waals surface area contributed by atoms with Gasteiger partial charge in [0.15, 0.2) is 6.61 Å². The lowest BCUT2D eigenvalue weighted by molar-refractivity contribution is -0.123. The van der Waals surface area contributed by atoms with Gasteiger partial charge in [0.25, 0.3) is 5.91 Å². The summed E-state index contributed by atoms with van der Waals surface area (Å²) in [6.07, 6.45) is -0.731. The fourth-order valence-corrected chi connectivity index (χ4v) is 1.97. The Bertz CT molecular complexity index is 548. The zero-order valence-electron chi connectivity index (χ0n) is 11.4. The van der Waals surface area contributed by atoms with Crippen molar-refractivity contribution in [2.45, 2.75) is 26.9 Å². The molecule has 0 unspecified atom stereocenters. The summed E-state index contributed by atoms with van der Waals surface area (Å²) < 4.78 is 4.75. The number of aromatic nitrogens is 1. The molecule has 5 N–H and O–H groups in total. The molecule has 8 heteroatoms. The fraction of sp³-hybridized carbons (Fsp3) is 0.417. The Balaban J connectivity index is 2.76. The number of nitrogens with two attached hydrogens (primary N) is 1. The van der Waals surface area contributed by atoms with Gasteiger partial charge in [-0.05, 0) is 26.3 Å². The molecule has 0 saturated heterocycles. The summed E-state index contributed by atoms with van der Waals surface area (Å²) in [6, 6.07) is -1.02. The van der Waals surface area contributed by atoms with Crippen molar-refractivity contribution in [2.75, 3.05) is 6.61 Å².